The Labute approximate surface area is 89.4 Å². The van der Waals surface area contributed by atoms with Gasteiger partial charge in [-0.15, -0.1) is 0 Å². The molecular formula is C12H15NO2. The van der Waals surface area contributed by atoms with Crippen LogP contribution in [0.2, 0.25) is 0 Å². The van der Waals surface area contributed by atoms with E-state index in [1.54, 1.807) is 25.4 Å². The Balaban J connectivity index is 2.77. The quantitative estimate of drug-likeness (QED) is 0.587. The largest absolute Gasteiger partial charge is 0.289 e. The zero-order valence-corrected chi connectivity index (χ0v) is 8.90. The summed E-state index contributed by atoms with van der Waals surface area (Å²) >= 11 is 0. The Hall–Kier alpha value is -1.61. The normalized spacial score (nSPS) is 11.7. The molecule has 0 saturated heterocycles. The molecule has 15 heavy (non-hydrogen) atoms. The minimum Gasteiger partial charge on any atom is -0.289 e. The topological polar surface area (TPSA) is 49.3 Å². The number of hydrogen-bond acceptors (Lipinski definition) is 2. The van der Waals surface area contributed by atoms with Crippen LogP contribution in [0, 0.1) is 5.41 Å². The van der Waals surface area contributed by atoms with E-state index in [9.17, 15) is 4.79 Å². The first-order chi connectivity index (χ1) is 7.06. The molecule has 1 aromatic carbocycles. The SMILES string of the molecule is CC(C)(/C=C/c1ccccc1)C(=O)NO. The summed E-state index contributed by atoms with van der Waals surface area (Å²) in [4.78, 5) is 11.2. The predicted octanol–water partition coefficient (Wildman–Crippen LogP) is 2.23. The molecule has 0 aliphatic heterocycles. The van der Waals surface area contributed by atoms with E-state index < -0.39 is 11.3 Å². The monoisotopic (exact) mass is 205 g/mol. The van der Waals surface area contributed by atoms with Gasteiger partial charge in [0.15, 0.2) is 0 Å². The molecule has 0 bridgehead atoms. The third-order valence-electron chi connectivity index (χ3n) is 2.18. The van der Waals surface area contributed by atoms with E-state index in [-0.39, 0.29) is 0 Å². The molecule has 0 atom stereocenters. The molecule has 0 spiro atoms. The van der Waals surface area contributed by atoms with E-state index in [4.69, 9.17) is 5.21 Å². The molecule has 0 unspecified atom stereocenters. The van der Waals surface area contributed by atoms with Crippen molar-refractivity contribution in [3.05, 3.63) is 42.0 Å². The van der Waals surface area contributed by atoms with Gasteiger partial charge in [-0.25, -0.2) is 5.48 Å². The highest BCUT2D eigenvalue weighted by atomic mass is 16.5. The smallest absolute Gasteiger partial charge is 0.252 e. The number of carbonyl (C=O) groups is 1. The van der Waals surface area contributed by atoms with Gasteiger partial charge in [-0.2, -0.15) is 0 Å². The highest BCUT2D eigenvalue weighted by Gasteiger charge is 2.23. The minimum absolute atomic E-state index is 0.422. The molecule has 0 fully saturated rings. The van der Waals surface area contributed by atoms with Gasteiger partial charge in [-0.05, 0) is 19.4 Å². The lowest BCUT2D eigenvalue weighted by atomic mass is 9.91. The maximum absolute atomic E-state index is 11.2. The summed E-state index contributed by atoms with van der Waals surface area (Å²) < 4.78 is 0. The second-order valence-electron chi connectivity index (χ2n) is 3.91. The van der Waals surface area contributed by atoms with Gasteiger partial charge in [0, 0.05) is 0 Å². The molecule has 1 amide bonds. The molecule has 0 aromatic heterocycles. The predicted molar refractivity (Wildman–Crippen MR) is 59.2 cm³/mol. The van der Waals surface area contributed by atoms with Crippen LogP contribution in [0.25, 0.3) is 6.08 Å². The van der Waals surface area contributed by atoms with Crippen molar-refractivity contribution in [2.45, 2.75) is 13.8 Å². The molecule has 3 nitrogen and oxygen atoms in total. The van der Waals surface area contributed by atoms with Crippen LogP contribution in [0.4, 0.5) is 0 Å². The van der Waals surface area contributed by atoms with E-state index in [0.717, 1.165) is 5.56 Å². The third kappa shape index (κ3) is 3.22. The number of hydrogen-bond donors (Lipinski definition) is 2. The van der Waals surface area contributed by atoms with Crippen molar-refractivity contribution >= 4 is 12.0 Å². The van der Waals surface area contributed by atoms with E-state index in [1.165, 1.54) is 0 Å². The third-order valence-corrected chi connectivity index (χ3v) is 2.18. The van der Waals surface area contributed by atoms with Crippen molar-refractivity contribution in [1.29, 1.82) is 0 Å². The van der Waals surface area contributed by atoms with Crippen LogP contribution in [0.1, 0.15) is 19.4 Å². The molecule has 1 rings (SSSR count). The van der Waals surface area contributed by atoms with Gasteiger partial charge >= 0.3 is 0 Å². The summed E-state index contributed by atoms with van der Waals surface area (Å²) in [7, 11) is 0. The molecular weight excluding hydrogens is 190 g/mol. The summed E-state index contributed by atoms with van der Waals surface area (Å²) in [5.41, 5.74) is 1.96. The second-order valence-corrected chi connectivity index (χ2v) is 3.91. The lowest BCUT2D eigenvalue weighted by molar-refractivity contribution is -0.135. The van der Waals surface area contributed by atoms with Gasteiger partial charge < -0.3 is 0 Å². The lowest BCUT2D eigenvalue weighted by Gasteiger charge is -2.16. The van der Waals surface area contributed by atoms with Crippen molar-refractivity contribution in [2.75, 3.05) is 0 Å². The number of nitrogens with one attached hydrogen (secondary N) is 1. The van der Waals surface area contributed by atoms with Crippen LogP contribution in [0.3, 0.4) is 0 Å². The second kappa shape index (κ2) is 4.75. The average Bonchev–Trinajstić information content (AvgIpc) is 2.27. The van der Waals surface area contributed by atoms with E-state index in [0.29, 0.717) is 0 Å². The van der Waals surface area contributed by atoms with E-state index in [1.807, 2.05) is 36.4 Å². The fourth-order valence-electron chi connectivity index (χ4n) is 1.09. The Kier molecular flexibility index (Phi) is 3.63. The van der Waals surface area contributed by atoms with Crippen molar-refractivity contribution in [2.24, 2.45) is 5.41 Å². The molecule has 0 aliphatic carbocycles. The van der Waals surface area contributed by atoms with E-state index >= 15 is 0 Å². The van der Waals surface area contributed by atoms with Gasteiger partial charge in [0.1, 0.15) is 0 Å². The summed E-state index contributed by atoms with van der Waals surface area (Å²) in [6.07, 6.45) is 3.61. The maximum Gasteiger partial charge on any atom is 0.252 e. The highest BCUT2D eigenvalue weighted by molar-refractivity contribution is 5.83. The van der Waals surface area contributed by atoms with Crippen LogP contribution < -0.4 is 5.48 Å². The maximum atomic E-state index is 11.2. The molecule has 0 heterocycles. The van der Waals surface area contributed by atoms with Crippen LogP contribution in [-0.4, -0.2) is 11.1 Å². The summed E-state index contributed by atoms with van der Waals surface area (Å²) in [5, 5.41) is 8.53. The first-order valence-corrected chi connectivity index (χ1v) is 4.75. The number of amides is 1. The van der Waals surface area contributed by atoms with Gasteiger partial charge in [0.2, 0.25) is 0 Å². The first-order valence-electron chi connectivity index (χ1n) is 4.75. The summed E-state index contributed by atoms with van der Waals surface area (Å²) in [6, 6.07) is 9.69. The van der Waals surface area contributed by atoms with Crippen molar-refractivity contribution in [3.63, 3.8) is 0 Å². The summed E-state index contributed by atoms with van der Waals surface area (Å²) in [6.45, 7) is 3.47. The van der Waals surface area contributed by atoms with Gasteiger partial charge in [-0.1, -0.05) is 42.5 Å². The van der Waals surface area contributed by atoms with Gasteiger partial charge in [-0.3, -0.25) is 10.0 Å². The number of hydroxylamine groups is 1. The molecule has 80 valence electrons. The van der Waals surface area contributed by atoms with Crippen molar-refractivity contribution in [3.8, 4) is 0 Å². The van der Waals surface area contributed by atoms with Gasteiger partial charge in [0.25, 0.3) is 5.91 Å². The fraction of sp³-hybridized carbons (Fsp3) is 0.250. The Morgan fingerprint density at radius 1 is 1.33 bits per heavy atom. The molecule has 1 aromatic rings. The standard InChI is InChI=1S/C12H15NO2/c1-12(2,11(14)13-15)9-8-10-6-4-3-5-7-10/h3-9,15H,1-2H3,(H,13,14)/b9-8+. The average molecular weight is 205 g/mol. The minimum atomic E-state index is -0.718. The Morgan fingerprint density at radius 3 is 2.47 bits per heavy atom. The Morgan fingerprint density at radius 2 is 1.93 bits per heavy atom. The summed E-state index contributed by atoms with van der Waals surface area (Å²) in [5.74, 6) is -0.422. The number of carbonyl (C=O) groups excluding carboxylic acids is 1. The lowest BCUT2D eigenvalue weighted by Crippen LogP contribution is -2.33. The Bertz CT molecular complexity index is 355. The highest BCUT2D eigenvalue weighted by Crippen LogP contribution is 2.18. The number of benzene rings is 1. The fourth-order valence-corrected chi connectivity index (χ4v) is 1.09. The van der Waals surface area contributed by atoms with Crippen molar-refractivity contribution in [1.82, 2.24) is 5.48 Å². The van der Waals surface area contributed by atoms with E-state index in [2.05, 4.69) is 0 Å². The van der Waals surface area contributed by atoms with Crippen LogP contribution >= 0.6 is 0 Å². The van der Waals surface area contributed by atoms with Crippen molar-refractivity contribution < 1.29 is 10.0 Å². The first kappa shape index (κ1) is 11.5. The molecule has 2 N–H and O–H groups in total. The zero-order chi connectivity index (χ0) is 11.3. The molecule has 0 saturated carbocycles. The molecule has 3 heteroatoms. The van der Waals surface area contributed by atoms with Crippen LogP contribution in [0.5, 0.6) is 0 Å². The number of rotatable bonds is 3. The van der Waals surface area contributed by atoms with Crippen LogP contribution in [0.15, 0.2) is 36.4 Å². The zero-order valence-electron chi connectivity index (χ0n) is 8.90. The van der Waals surface area contributed by atoms with Gasteiger partial charge in [0.05, 0.1) is 5.41 Å². The van der Waals surface area contributed by atoms with Crippen LogP contribution in [-0.2, 0) is 4.79 Å². The molecule has 0 radical (unpaired) electrons. The molecule has 0 aliphatic rings.